The van der Waals surface area contributed by atoms with Crippen molar-refractivity contribution < 1.29 is 14.3 Å². The minimum Gasteiger partial charge on any atom is -0.479 e. The van der Waals surface area contributed by atoms with E-state index < -0.39 is 6.10 Å². The van der Waals surface area contributed by atoms with Gasteiger partial charge in [-0.1, -0.05) is 42.5 Å². The number of carbonyl (C=O) groups is 2. The largest absolute Gasteiger partial charge is 0.479 e. The summed E-state index contributed by atoms with van der Waals surface area (Å²) in [6, 6.07) is 24.9. The second-order valence-corrected chi connectivity index (χ2v) is 9.55. The molecule has 1 aliphatic heterocycles. The third-order valence-corrected chi connectivity index (χ3v) is 7.08. The molecule has 1 aliphatic rings. The standard InChI is InChI=1S/C29H22N4O3S/c1-18-29(35)33(16-27(34)31-22-11-6-8-19-7-2-3-9-21(19)22)25-15-20(12-13-26(25)36-18)24-17-37-28(32-24)23-10-4-5-14-30-23/h2-15,17-18H,16H2,1H3,(H,31,34). The van der Waals surface area contributed by atoms with Gasteiger partial charge in [-0.05, 0) is 48.7 Å². The summed E-state index contributed by atoms with van der Waals surface area (Å²) < 4.78 is 5.85. The smallest absolute Gasteiger partial charge is 0.268 e. The Balaban J connectivity index is 1.29. The number of nitrogens with one attached hydrogen (secondary N) is 1. The Morgan fingerprint density at radius 3 is 2.73 bits per heavy atom. The van der Waals surface area contributed by atoms with Gasteiger partial charge in [0.1, 0.15) is 17.3 Å². The highest BCUT2D eigenvalue weighted by Gasteiger charge is 2.33. The molecule has 6 rings (SSSR count). The van der Waals surface area contributed by atoms with Gasteiger partial charge in [0, 0.05) is 28.2 Å². The predicted octanol–water partition coefficient (Wildman–Crippen LogP) is 5.78. The van der Waals surface area contributed by atoms with E-state index in [1.165, 1.54) is 16.2 Å². The Kier molecular flexibility index (Phi) is 5.86. The molecule has 1 unspecified atom stereocenters. The van der Waals surface area contributed by atoms with E-state index in [1.54, 1.807) is 13.1 Å². The van der Waals surface area contributed by atoms with E-state index in [-0.39, 0.29) is 18.4 Å². The minimum absolute atomic E-state index is 0.136. The normalized spacial score (nSPS) is 14.8. The molecule has 37 heavy (non-hydrogen) atoms. The summed E-state index contributed by atoms with van der Waals surface area (Å²) in [6.45, 7) is 1.55. The summed E-state index contributed by atoms with van der Waals surface area (Å²) >= 11 is 1.50. The van der Waals surface area contributed by atoms with E-state index in [9.17, 15) is 9.59 Å². The first-order valence-corrected chi connectivity index (χ1v) is 12.7. The summed E-state index contributed by atoms with van der Waals surface area (Å²) in [7, 11) is 0. The van der Waals surface area contributed by atoms with Crippen LogP contribution in [-0.4, -0.2) is 34.4 Å². The van der Waals surface area contributed by atoms with Crippen LogP contribution in [0.25, 0.3) is 32.7 Å². The average Bonchev–Trinajstić information content (AvgIpc) is 3.42. The Morgan fingerprint density at radius 2 is 1.86 bits per heavy atom. The molecule has 2 aromatic heterocycles. The highest BCUT2D eigenvalue weighted by atomic mass is 32.1. The van der Waals surface area contributed by atoms with E-state index in [4.69, 9.17) is 9.72 Å². The van der Waals surface area contributed by atoms with Crippen molar-refractivity contribution in [1.82, 2.24) is 9.97 Å². The molecule has 0 bridgehead atoms. The number of hydrogen-bond donors (Lipinski definition) is 1. The number of benzene rings is 3. The Labute approximate surface area is 217 Å². The van der Waals surface area contributed by atoms with Crippen molar-refractivity contribution in [3.05, 3.63) is 90.4 Å². The monoisotopic (exact) mass is 506 g/mol. The van der Waals surface area contributed by atoms with E-state index in [1.807, 2.05) is 84.2 Å². The minimum atomic E-state index is -0.696. The molecule has 2 amide bonds. The highest BCUT2D eigenvalue weighted by Crippen LogP contribution is 2.38. The van der Waals surface area contributed by atoms with Crippen LogP contribution in [0.2, 0.25) is 0 Å². The van der Waals surface area contributed by atoms with Crippen molar-refractivity contribution in [3.63, 3.8) is 0 Å². The SMILES string of the molecule is CC1Oc2ccc(-c3csc(-c4ccccn4)n3)cc2N(CC(=O)Nc2cccc3ccccc23)C1=O. The van der Waals surface area contributed by atoms with Gasteiger partial charge >= 0.3 is 0 Å². The zero-order valence-corrected chi connectivity index (χ0v) is 20.7. The van der Waals surface area contributed by atoms with Gasteiger partial charge in [-0.3, -0.25) is 19.5 Å². The van der Waals surface area contributed by atoms with Crippen molar-refractivity contribution >= 4 is 45.3 Å². The first-order valence-electron chi connectivity index (χ1n) is 11.8. The molecule has 0 spiro atoms. The van der Waals surface area contributed by atoms with Gasteiger partial charge < -0.3 is 10.1 Å². The molecule has 0 aliphatic carbocycles. The van der Waals surface area contributed by atoms with Crippen LogP contribution in [0.5, 0.6) is 5.75 Å². The lowest BCUT2D eigenvalue weighted by atomic mass is 10.1. The maximum atomic E-state index is 13.1. The predicted molar refractivity (Wildman–Crippen MR) is 146 cm³/mol. The van der Waals surface area contributed by atoms with Crippen LogP contribution < -0.4 is 15.0 Å². The average molecular weight is 507 g/mol. The van der Waals surface area contributed by atoms with Crippen LogP contribution in [0.3, 0.4) is 0 Å². The number of ether oxygens (including phenoxy) is 1. The number of pyridine rings is 1. The lowest BCUT2D eigenvalue weighted by Gasteiger charge is -2.33. The van der Waals surface area contributed by atoms with Crippen LogP contribution in [-0.2, 0) is 9.59 Å². The van der Waals surface area contributed by atoms with E-state index >= 15 is 0 Å². The van der Waals surface area contributed by atoms with E-state index in [2.05, 4.69) is 10.3 Å². The number of hydrogen-bond acceptors (Lipinski definition) is 6. The molecule has 3 aromatic carbocycles. The van der Waals surface area contributed by atoms with Crippen LogP contribution in [0.4, 0.5) is 11.4 Å². The third-order valence-electron chi connectivity index (χ3n) is 6.22. The summed E-state index contributed by atoms with van der Waals surface area (Å²) in [5, 5.41) is 7.70. The molecule has 0 radical (unpaired) electrons. The number of anilines is 2. The molecule has 8 heteroatoms. The molecule has 182 valence electrons. The summed E-state index contributed by atoms with van der Waals surface area (Å²) in [5.74, 6) is -0.0135. The fourth-order valence-corrected chi connectivity index (χ4v) is 5.22. The van der Waals surface area contributed by atoms with Crippen LogP contribution in [0.1, 0.15) is 6.92 Å². The molecule has 0 fully saturated rings. The zero-order valence-electron chi connectivity index (χ0n) is 19.9. The Hall–Kier alpha value is -4.56. The Bertz CT molecular complexity index is 1630. The maximum absolute atomic E-state index is 13.1. The van der Waals surface area contributed by atoms with Gasteiger partial charge in [-0.2, -0.15) is 0 Å². The first-order chi connectivity index (χ1) is 18.1. The first kappa shape index (κ1) is 22.9. The third kappa shape index (κ3) is 4.43. The van der Waals surface area contributed by atoms with Gasteiger partial charge in [0.15, 0.2) is 6.10 Å². The summed E-state index contributed by atoms with van der Waals surface area (Å²) in [4.78, 5) is 36.9. The van der Waals surface area contributed by atoms with E-state index in [0.29, 0.717) is 17.1 Å². The highest BCUT2D eigenvalue weighted by molar-refractivity contribution is 7.13. The number of aromatic nitrogens is 2. The van der Waals surface area contributed by atoms with Gasteiger partial charge in [0.25, 0.3) is 5.91 Å². The molecule has 7 nitrogen and oxygen atoms in total. The molecule has 5 aromatic rings. The number of amides is 2. The van der Waals surface area contributed by atoms with Gasteiger partial charge in [-0.15, -0.1) is 11.3 Å². The molecule has 3 heterocycles. The van der Waals surface area contributed by atoms with Crippen LogP contribution >= 0.6 is 11.3 Å². The second-order valence-electron chi connectivity index (χ2n) is 8.69. The van der Waals surface area contributed by atoms with Gasteiger partial charge in [0.05, 0.1) is 17.1 Å². The lowest BCUT2D eigenvalue weighted by molar-refractivity contribution is -0.127. The zero-order chi connectivity index (χ0) is 25.4. The van der Waals surface area contributed by atoms with Crippen molar-refractivity contribution in [3.8, 4) is 27.7 Å². The number of nitrogens with zero attached hydrogens (tertiary/aromatic N) is 3. The fourth-order valence-electron chi connectivity index (χ4n) is 4.41. The summed E-state index contributed by atoms with van der Waals surface area (Å²) in [6.07, 6.45) is 1.04. The van der Waals surface area contributed by atoms with Crippen LogP contribution in [0.15, 0.2) is 90.4 Å². The summed E-state index contributed by atoms with van der Waals surface area (Å²) in [5.41, 5.74) is 3.63. The molecule has 0 saturated heterocycles. The van der Waals surface area contributed by atoms with Crippen LogP contribution in [0, 0.1) is 0 Å². The maximum Gasteiger partial charge on any atom is 0.268 e. The fraction of sp³-hybridized carbons (Fsp3) is 0.103. The molecule has 1 N–H and O–H groups in total. The topological polar surface area (TPSA) is 84.4 Å². The molecular formula is C29H22N4O3S. The molecular weight excluding hydrogens is 484 g/mol. The second kappa shape index (κ2) is 9.48. The number of rotatable bonds is 5. The Morgan fingerprint density at radius 1 is 1.03 bits per heavy atom. The van der Waals surface area contributed by atoms with Crippen molar-refractivity contribution in [2.75, 3.05) is 16.8 Å². The molecule has 1 atom stereocenters. The number of carbonyl (C=O) groups excluding carboxylic acids is 2. The van der Waals surface area contributed by atoms with Crippen molar-refractivity contribution in [2.45, 2.75) is 13.0 Å². The van der Waals surface area contributed by atoms with Crippen molar-refractivity contribution in [1.29, 1.82) is 0 Å². The number of thiazole rings is 1. The van der Waals surface area contributed by atoms with Gasteiger partial charge in [0.2, 0.25) is 5.91 Å². The van der Waals surface area contributed by atoms with E-state index in [0.717, 1.165) is 32.7 Å². The quantitative estimate of drug-likeness (QED) is 0.327. The number of fused-ring (bicyclic) bond motifs is 2. The van der Waals surface area contributed by atoms with Gasteiger partial charge in [-0.25, -0.2) is 4.98 Å². The lowest BCUT2D eigenvalue weighted by Crippen LogP contribution is -2.47. The molecule has 0 saturated carbocycles. The van der Waals surface area contributed by atoms with Crippen molar-refractivity contribution in [2.24, 2.45) is 0 Å².